The maximum atomic E-state index is 11.3. The van der Waals surface area contributed by atoms with Gasteiger partial charge in [-0.1, -0.05) is 0 Å². The molecule has 1 saturated heterocycles. The lowest BCUT2D eigenvalue weighted by Gasteiger charge is -2.28. The Bertz CT molecular complexity index is 404. The number of ether oxygens (including phenoxy) is 1. The van der Waals surface area contributed by atoms with Crippen LogP contribution in [0.15, 0.2) is 6.07 Å². The summed E-state index contributed by atoms with van der Waals surface area (Å²) < 4.78 is 4.59. The van der Waals surface area contributed by atoms with Gasteiger partial charge >= 0.3 is 5.97 Å². The van der Waals surface area contributed by atoms with Gasteiger partial charge in [-0.05, 0) is 6.92 Å². The average Bonchev–Trinajstić information content (AvgIpc) is 2.21. The normalized spacial score (nSPS) is 15.4. The number of anilines is 1. The van der Waals surface area contributed by atoms with Gasteiger partial charge in [0.2, 0.25) is 5.82 Å². The second kappa shape index (κ2) is 4.44. The standard InChI is InChI=1S/C10H14N4O2/c1-6-3-8(13-7-4-11-5-7)14-9(12-6)10(15)16-2/h3,7,11H,4-5H2,1-2H3,(H,12,13,14). The molecule has 0 amide bonds. The summed E-state index contributed by atoms with van der Waals surface area (Å²) in [7, 11) is 1.32. The second-order valence-corrected chi connectivity index (χ2v) is 3.71. The maximum absolute atomic E-state index is 11.3. The van der Waals surface area contributed by atoms with Crippen molar-refractivity contribution < 1.29 is 9.53 Å². The third-order valence-electron chi connectivity index (χ3n) is 2.36. The molecule has 0 bridgehead atoms. The van der Waals surface area contributed by atoms with E-state index in [1.54, 1.807) is 0 Å². The van der Waals surface area contributed by atoms with Crippen molar-refractivity contribution in [1.82, 2.24) is 15.3 Å². The van der Waals surface area contributed by atoms with Crippen molar-refractivity contribution >= 4 is 11.8 Å². The molecule has 1 aliphatic rings. The van der Waals surface area contributed by atoms with Crippen LogP contribution in [0, 0.1) is 6.92 Å². The van der Waals surface area contributed by atoms with Gasteiger partial charge in [-0.25, -0.2) is 14.8 Å². The molecule has 0 saturated carbocycles. The van der Waals surface area contributed by atoms with Crippen molar-refractivity contribution in [2.75, 3.05) is 25.5 Å². The van der Waals surface area contributed by atoms with E-state index in [1.165, 1.54) is 7.11 Å². The molecule has 0 aromatic carbocycles. The predicted octanol–water partition coefficient (Wildman–Crippen LogP) is -0.0447. The van der Waals surface area contributed by atoms with E-state index in [0.29, 0.717) is 11.9 Å². The summed E-state index contributed by atoms with van der Waals surface area (Å²) in [6.07, 6.45) is 0. The van der Waals surface area contributed by atoms with Crippen molar-refractivity contribution in [2.45, 2.75) is 13.0 Å². The number of nitrogens with one attached hydrogen (secondary N) is 2. The largest absolute Gasteiger partial charge is 0.463 e. The number of carbonyl (C=O) groups excluding carboxylic acids is 1. The minimum absolute atomic E-state index is 0.0947. The number of aromatic nitrogens is 2. The number of nitrogens with zero attached hydrogens (tertiary/aromatic N) is 2. The number of carbonyl (C=O) groups is 1. The molecule has 2 N–H and O–H groups in total. The smallest absolute Gasteiger partial charge is 0.376 e. The Morgan fingerprint density at radius 2 is 2.31 bits per heavy atom. The van der Waals surface area contributed by atoms with Crippen LogP contribution in [0.2, 0.25) is 0 Å². The highest BCUT2D eigenvalue weighted by Gasteiger charge is 2.18. The lowest BCUT2D eigenvalue weighted by atomic mass is 10.2. The molecule has 0 atom stereocenters. The summed E-state index contributed by atoms with van der Waals surface area (Å²) in [5.41, 5.74) is 0.741. The van der Waals surface area contributed by atoms with Crippen LogP contribution >= 0.6 is 0 Å². The molecule has 86 valence electrons. The van der Waals surface area contributed by atoms with Crippen molar-refractivity contribution in [3.05, 3.63) is 17.6 Å². The van der Waals surface area contributed by atoms with Gasteiger partial charge < -0.3 is 15.4 Å². The number of hydrogen-bond donors (Lipinski definition) is 2. The van der Waals surface area contributed by atoms with Gasteiger partial charge in [0.25, 0.3) is 0 Å². The lowest BCUT2D eigenvalue weighted by molar-refractivity contribution is 0.0586. The first kappa shape index (κ1) is 10.8. The summed E-state index contributed by atoms with van der Waals surface area (Å²) in [6.45, 7) is 3.64. The average molecular weight is 222 g/mol. The van der Waals surface area contributed by atoms with E-state index >= 15 is 0 Å². The van der Waals surface area contributed by atoms with Crippen LogP contribution in [0.1, 0.15) is 16.3 Å². The van der Waals surface area contributed by atoms with Crippen LogP contribution in [0.5, 0.6) is 0 Å². The lowest BCUT2D eigenvalue weighted by Crippen LogP contribution is -2.51. The van der Waals surface area contributed by atoms with Crippen LogP contribution in [0.3, 0.4) is 0 Å². The van der Waals surface area contributed by atoms with E-state index in [2.05, 4.69) is 25.3 Å². The monoisotopic (exact) mass is 222 g/mol. The Hall–Kier alpha value is -1.69. The summed E-state index contributed by atoms with van der Waals surface area (Å²) in [5.74, 6) is 0.246. The van der Waals surface area contributed by atoms with Crippen LogP contribution in [-0.4, -0.2) is 42.2 Å². The molecular formula is C10H14N4O2. The van der Waals surface area contributed by atoms with Crippen molar-refractivity contribution in [3.63, 3.8) is 0 Å². The quantitative estimate of drug-likeness (QED) is 0.699. The number of hydrogen-bond acceptors (Lipinski definition) is 6. The van der Waals surface area contributed by atoms with Crippen LogP contribution in [0.4, 0.5) is 5.82 Å². The molecule has 6 nitrogen and oxygen atoms in total. The van der Waals surface area contributed by atoms with E-state index in [4.69, 9.17) is 0 Å². The summed E-state index contributed by atoms with van der Waals surface area (Å²) >= 11 is 0. The molecule has 1 aromatic heterocycles. The first-order chi connectivity index (χ1) is 7.69. The minimum atomic E-state index is -0.515. The Kier molecular flexibility index (Phi) is 3.00. The van der Waals surface area contributed by atoms with Gasteiger partial charge in [0.15, 0.2) is 0 Å². The van der Waals surface area contributed by atoms with Gasteiger partial charge in [0.1, 0.15) is 5.82 Å². The van der Waals surface area contributed by atoms with E-state index in [1.807, 2.05) is 13.0 Å². The third kappa shape index (κ3) is 2.27. The maximum Gasteiger partial charge on any atom is 0.376 e. The Balaban J connectivity index is 2.17. The molecule has 1 aromatic rings. The molecule has 6 heteroatoms. The number of esters is 1. The highest BCUT2D eigenvalue weighted by molar-refractivity contribution is 5.85. The first-order valence-electron chi connectivity index (χ1n) is 5.10. The number of rotatable bonds is 3. The van der Waals surface area contributed by atoms with E-state index < -0.39 is 5.97 Å². The SMILES string of the molecule is COC(=O)c1nc(C)cc(NC2CNC2)n1. The molecule has 0 unspecified atom stereocenters. The van der Waals surface area contributed by atoms with E-state index in [9.17, 15) is 4.79 Å². The predicted molar refractivity (Wildman–Crippen MR) is 58.4 cm³/mol. The van der Waals surface area contributed by atoms with Crippen molar-refractivity contribution in [2.24, 2.45) is 0 Å². The zero-order valence-corrected chi connectivity index (χ0v) is 9.28. The van der Waals surface area contributed by atoms with Gasteiger partial charge in [-0.3, -0.25) is 0 Å². The number of aryl methyl sites for hydroxylation is 1. The van der Waals surface area contributed by atoms with Gasteiger partial charge in [0.05, 0.1) is 13.2 Å². The van der Waals surface area contributed by atoms with Gasteiger partial charge in [-0.15, -0.1) is 0 Å². The molecule has 0 spiro atoms. The zero-order valence-electron chi connectivity index (χ0n) is 9.28. The Labute approximate surface area is 93.4 Å². The molecule has 16 heavy (non-hydrogen) atoms. The number of methoxy groups -OCH3 is 1. The molecule has 2 heterocycles. The Morgan fingerprint density at radius 3 is 2.88 bits per heavy atom. The second-order valence-electron chi connectivity index (χ2n) is 3.71. The van der Waals surface area contributed by atoms with Crippen LogP contribution in [0.25, 0.3) is 0 Å². The summed E-state index contributed by atoms with van der Waals surface area (Å²) in [4.78, 5) is 19.4. The van der Waals surface area contributed by atoms with Crippen LogP contribution < -0.4 is 10.6 Å². The molecular weight excluding hydrogens is 208 g/mol. The fourth-order valence-electron chi connectivity index (χ4n) is 1.42. The van der Waals surface area contributed by atoms with Gasteiger partial charge in [-0.2, -0.15) is 0 Å². The van der Waals surface area contributed by atoms with Crippen molar-refractivity contribution in [3.8, 4) is 0 Å². The molecule has 0 radical (unpaired) electrons. The van der Waals surface area contributed by atoms with E-state index in [0.717, 1.165) is 18.8 Å². The summed E-state index contributed by atoms with van der Waals surface area (Å²) in [5, 5.41) is 6.36. The van der Waals surface area contributed by atoms with Crippen molar-refractivity contribution in [1.29, 1.82) is 0 Å². The first-order valence-corrected chi connectivity index (χ1v) is 5.10. The fourth-order valence-corrected chi connectivity index (χ4v) is 1.42. The fraction of sp³-hybridized carbons (Fsp3) is 0.500. The van der Waals surface area contributed by atoms with E-state index in [-0.39, 0.29) is 5.82 Å². The highest BCUT2D eigenvalue weighted by Crippen LogP contribution is 2.09. The molecule has 0 aliphatic carbocycles. The topological polar surface area (TPSA) is 76.1 Å². The Morgan fingerprint density at radius 1 is 1.56 bits per heavy atom. The molecule has 1 aliphatic heterocycles. The zero-order chi connectivity index (χ0) is 11.5. The minimum Gasteiger partial charge on any atom is -0.463 e. The third-order valence-corrected chi connectivity index (χ3v) is 2.36. The molecule has 2 rings (SSSR count). The molecule has 1 fully saturated rings. The summed E-state index contributed by atoms with van der Waals surface area (Å²) in [6, 6.07) is 2.19. The highest BCUT2D eigenvalue weighted by atomic mass is 16.5. The van der Waals surface area contributed by atoms with Gasteiger partial charge in [0, 0.05) is 24.8 Å². The van der Waals surface area contributed by atoms with Crippen LogP contribution in [-0.2, 0) is 4.74 Å².